The molecule has 33 heavy (non-hydrogen) atoms. The summed E-state index contributed by atoms with van der Waals surface area (Å²) in [6.07, 6.45) is 9.74. The van der Waals surface area contributed by atoms with Crippen molar-refractivity contribution in [3.8, 4) is 0 Å². The van der Waals surface area contributed by atoms with Gasteiger partial charge in [0, 0.05) is 12.0 Å². The van der Waals surface area contributed by atoms with Gasteiger partial charge in [-0.1, -0.05) is 69.5 Å². The van der Waals surface area contributed by atoms with Crippen LogP contribution in [0, 0.1) is 5.92 Å². The molecule has 1 aliphatic carbocycles. The number of carbonyl (C=O) groups excluding carboxylic acids is 2. The minimum atomic E-state index is -0.709. The predicted octanol–water partition coefficient (Wildman–Crippen LogP) is 3.71. The van der Waals surface area contributed by atoms with Crippen molar-refractivity contribution in [1.29, 1.82) is 0 Å². The lowest BCUT2D eigenvalue weighted by Crippen LogP contribution is -2.55. The van der Waals surface area contributed by atoms with Gasteiger partial charge in [-0.3, -0.25) is 9.59 Å². The van der Waals surface area contributed by atoms with Crippen LogP contribution in [0.2, 0.25) is 0 Å². The highest BCUT2D eigenvalue weighted by Gasteiger charge is 2.27. The lowest BCUT2D eigenvalue weighted by molar-refractivity contribution is -0.130. The first-order chi connectivity index (χ1) is 15.4. The van der Waals surface area contributed by atoms with E-state index in [0.29, 0.717) is 18.8 Å². The van der Waals surface area contributed by atoms with Gasteiger partial charge in [0.15, 0.2) is 0 Å². The summed E-state index contributed by atoms with van der Waals surface area (Å²) in [5, 5.41) is 16.5. The Hall–Kier alpha value is -2.18. The molecule has 6 heteroatoms. The molecule has 1 saturated carbocycles. The normalized spacial score (nSPS) is 18.2. The number of hydrogen-bond donors (Lipinski definition) is 4. The highest BCUT2D eigenvalue weighted by molar-refractivity contribution is 5.90. The van der Waals surface area contributed by atoms with E-state index < -0.39 is 23.2 Å². The van der Waals surface area contributed by atoms with E-state index in [9.17, 15) is 14.7 Å². The van der Waals surface area contributed by atoms with Crippen molar-refractivity contribution in [2.45, 2.75) is 103 Å². The van der Waals surface area contributed by atoms with Crippen molar-refractivity contribution in [3.05, 3.63) is 41.5 Å². The third-order valence-electron chi connectivity index (χ3n) is 5.92. The topological polar surface area (TPSA) is 104 Å². The Labute approximate surface area is 199 Å². The molecule has 2 atom stereocenters. The predicted molar refractivity (Wildman–Crippen MR) is 134 cm³/mol. The van der Waals surface area contributed by atoms with Gasteiger partial charge in [0.05, 0.1) is 11.6 Å². The van der Waals surface area contributed by atoms with Crippen LogP contribution in [0.3, 0.4) is 0 Å². The van der Waals surface area contributed by atoms with E-state index in [4.69, 9.17) is 5.73 Å². The quantitative estimate of drug-likeness (QED) is 0.454. The van der Waals surface area contributed by atoms with Crippen LogP contribution in [0.15, 0.2) is 30.3 Å². The molecule has 2 rings (SSSR count). The summed E-state index contributed by atoms with van der Waals surface area (Å²) in [4.78, 5) is 25.5. The van der Waals surface area contributed by atoms with Crippen molar-refractivity contribution in [2.24, 2.45) is 11.7 Å². The Morgan fingerprint density at radius 2 is 1.70 bits per heavy atom. The highest BCUT2D eigenvalue weighted by atomic mass is 16.3. The number of rotatable bonds is 9. The largest absolute Gasteiger partial charge is 0.386 e. The smallest absolute Gasteiger partial charge is 0.243 e. The first-order valence-electron chi connectivity index (χ1n) is 12.3. The van der Waals surface area contributed by atoms with E-state index in [1.807, 2.05) is 71.0 Å². The van der Waals surface area contributed by atoms with Crippen molar-refractivity contribution >= 4 is 17.9 Å². The fraction of sp³-hybridized carbons (Fsp3) is 0.630. The molecule has 1 aliphatic rings. The molecular weight excluding hydrogens is 414 g/mol. The number of hydrogen-bond acceptors (Lipinski definition) is 4. The third kappa shape index (κ3) is 9.68. The number of benzene rings is 1. The molecule has 6 nitrogen and oxygen atoms in total. The number of carbonyl (C=O) groups is 2. The summed E-state index contributed by atoms with van der Waals surface area (Å²) in [7, 11) is 0. The van der Waals surface area contributed by atoms with Crippen LogP contribution in [0.4, 0.5) is 0 Å². The number of nitrogens with one attached hydrogen (secondary N) is 2. The third-order valence-corrected chi connectivity index (χ3v) is 5.92. The second kappa shape index (κ2) is 11.8. The molecule has 0 bridgehead atoms. The molecule has 2 unspecified atom stereocenters. The van der Waals surface area contributed by atoms with Crippen LogP contribution in [-0.4, -0.2) is 40.1 Å². The molecule has 2 amide bonds. The van der Waals surface area contributed by atoms with Crippen molar-refractivity contribution in [3.63, 3.8) is 0 Å². The molecular formula is C27H43N3O3. The summed E-state index contributed by atoms with van der Waals surface area (Å²) >= 11 is 0. The second-order valence-electron chi connectivity index (χ2n) is 11.0. The Balaban J connectivity index is 2.09. The molecule has 0 aliphatic heterocycles. The number of aliphatic hydroxyl groups is 1. The Kier molecular flexibility index (Phi) is 9.68. The van der Waals surface area contributed by atoms with Crippen LogP contribution >= 0.6 is 0 Å². The van der Waals surface area contributed by atoms with E-state index in [2.05, 4.69) is 10.6 Å². The maximum absolute atomic E-state index is 12.9. The number of nitrogens with two attached hydrogens (primary N) is 1. The highest BCUT2D eigenvalue weighted by Crippen LogP contribution is 2.29. The van der Waals surface area contributed by atoms with E-state index in [-0.39, 0.29) is 11.8 Å². The van der Waals surface area contributed by atoms with Crippen molar-refractivity contribution in [2.75, 3.05) is 0 Å². The maximum Gasteiger partial charge on any atom is 0.243 e. The van der Waals surface area contributed by atoms with Crippen LogP contribution in [-0.2, 0) is 16.0 Å². The molecule has 0 spiro atoms. The monoisotopic (exact) mass is 457 g/mol. The van der Waals surface area contributed by atoms with Gasteiger partial charge in [0.2, 0.25) is 11.8 Å². The van der Waals surface area contributed by atoms with Gasteiger partial charge in [-0.25, -0.2) is 0 Å². The fourth-order valence-electron chi connectivity index (χ4n) is 4.14. The molecule has 184 valence electrons. The molecule has 5 N–H and O–H groups in total. The van der Waals surface area contributed by atoms with Crippen LogP contribution in [0.1, 0.15) is 84.3 Å². The minimum Gasteiger partial charge on any atom is -0.386 e. The van der Waals surface area contributed by atoms with Crippen LogP contribution < -0.4 is 16.4 Å². The molecule has 1 fully saturated rings. The average molecular weight is 458 g/mol. The first-order valence-corrected chi connectivity index (χ1v) is 12.3. The molecule has 1 aromatic rings. The summed E-state index contributed by atoms with van der Waals surface area (Å²) in [5.74, 6) is -0.242. The van der Waals surface area contributed by atoms with Gasteiger partial charge in [-0.05, 0) is 57.1 Å². The van der Waals surface area contributed by atoms with Crippen molar-refractivity contribution < 1.29 is 14.7 Å². The summed E-state index contributed by atoms with van der Waals surface area (Å²) in [6, 6.07) is 6.52. The van der Waals surface area contributed by atoms with Gasteiger partial charge in [0.1, 0.15) is 6.04 Å². The SMILES string of the molecule is CC(C)CC(N)C(=O)NC(Cc1ccc(C=CC2(O)CCCCC2)cc1)C(=O)NC(C)(C)C. The van der Waals surface area contributed by atoms with Crippen molar-refractivity contribution in [1.82, 2.24) is 10.6 Å². The standard InChI is InChI=1S/C27H43N3O3/c1-19(2)17-22(28)24(31)29-23(25(32)30-26(3,4)5)18-21-11-9-20(10-12-21)13-16-27(33)14-7-6-8-15-27/h9-13,16,19,22-23,33H,6-8,14-15,17-18,28H2,1-5H3,(H,29,31)(H,30,32). The summed E-state index contributed by atoms with van der Waals surface area (Å²) < 4.78 is 0. The molecule has 0 aromatic heterocycles. The molecule has 0 heterocycles. The zero-order chi connectivity index (χ0) is 24.6. The van der Waals surface area contributed by atoms with Gasteiger partial charge in [-0.15, -0.1) is 0 Å². The van der Waals surface area contributed by atoms with Gasteiger partial charge in [-0.2, -0.15) is 0 Å². The Morgan fingerprint density at radius 1 is 1.09 bits per heavy atom. The van der Waals surface area contributed by atoms with Gasteiger partial charge < -0.3 is 21.5 Å². The fourth-order valence-corrected chi connectivity index (χ4v) is 4.14. The van der Waals surface area contributed by atoms with Crippen LogP contribution in [0.25, 0.3) is 6.08 Å². The summed E-state index contributed by atoms with van der Waals surface area (Å²) in [6.45, 7) is 9.76. The zero-order valence-corrected chi connectivity index (χ0v) is 21.0. The number of amides is 2. The second-order valence-corrected chi connectivity index (χ2v) is 11.0. The maximum atomic E-state index is 12.9. The van der Waals surface area contributed by atoms with E-state index >= 15 is 0 Å². The van der Waals surface area contributed by atoms with E-state index in [1.165, 1.54) is 6.42 Å². The Morgan fingerprint density at radius 3 is 2.24 bits per heavy atom. The van der Waals surface area contributed by atoms with Crippen LogP contribution in [0.5, 0.6) is 0 Å². The molecule has 0 radical (unpaired) electrons. The van der Waals surface area contributed by atoms with E-state index in [0.717, 1.165) is 36.8 Å². The lowest BCUT2D eigenvalue weighted by Gasteiger charge is -2.28. The lowest BCUT2D eigenvalue weighted by atomic mass is 9.84. The summed E-state index contributed by atoms with van der Waals surface area (Å²) in [5.41, 5.74) is 6.87. The van der Waals surface area contributed by atoms with Gasteiger partial charge >= 0.3 is 0 Å². The average Bonchev–Trinajstić information content (AvgIpc) is 2.71. The Bertz CT molecular complexity index is 803. The molecule has 0 saturated heterocycles. The first kappa shape index (κ1) is 27.1. The van der Waals surface area contributed by atoms with Gasteiger partial charge in [0.25, 0.3) is 0 Å². The zero-order valence-electron chi connectivity index (χ0n) is 21.0. The van der Waals surface area contributed by atoms with E-state index in [1.54, 1.807) is 0 Å². The minimum absolute atomic E-state index is 0.226. The molecule has 1 aromatic carbocycles.